The summed E-state index contributed by atoms with van der Waals surface area (Å²) in [7, 11) is 0. The first-order chi connectivity index (χ1) is 17.5. The van der Waals surface area contributed by atoms with Crippen molar-refractivity contribution in [2.75, 3.05) is 11.1 Å². The van der Waals surface area contributed by atoms with Crippen molar-refractivity contribution in [3.63, 3.8) is 0 Å². The minimum absolute atomic E-state index is 0.158. The Balaban J connectivity index is 1.28. The third-order valence-corrected chi connectivity index (χ3v) is 7.07. The highest BCUT2D eigenvalue weighted by molar-refractivity contribution is 7.99. The number of hydrogen-bond donors (Lipinski definition) is 2. The van der Waals surface area contributed by atoms with Crippen LogP contribution in [0.25, 0.3) is 17.3 Å². The molecule has 2 aromatic carbocycles. The lowest BCUT2D eigenvalue weighted by Crippen LogP contribution is -2.22. The van der Waals surface area contributed by atoms with Gasteiger partial charge in [0.05, 0.1) is 18.0 Å². The van der Waals surface area contributed by atoms with Crippen LogP contribution in [-0.2, 0) is 22.7 Å². The first-order valence-corrected chi connectivity index (χ1v) is 13.3. The van der Waals surface area contributed by atoms with Crippen molar-refractivity contribution in [3.8, 4) is 11.3 Å². The quantitative estimate of drug-likeness (QED) is 0.214. The number of hydrogen-bond acceptors (Lipinski definition) is 7. The number of aromatic nitrogens is 4. The Kier molecular flexibility index (Phi) is 8.88. The van der Waals surface area contributed by atoms with Crippen LogP contribution in [-0.4, -0.2) is 37.3 Å². The van der Waals surface area contributed by atoms with Crippen molar-refractivity contribution < 1.29 is 9.59 Å². The van der Waals surface area contributed by atoms with E-state index in [1.807, 2.05) is 65.4 Å². The Morgan fingerprint density at radius 1 is 1.11 bits per heavy atom. The van der Waals surface area contributed by atoms with Gasteiger partial charge in [-0.3, -0.25) is 9.59 Å². The highest BCUT2D eigenvalue weighted by atomic mass is 35.5. The molecule has 0 radical (unpaired) electrons. The third kappa shape index (κ3) is 6.81. The fourth-order valence-corrected chi connectivity index (χ4v) is 4.99. The molecule has 0 unspecified atom stereocenters. The van der Waals surface area contributed by atoms with Gasteiger partial charge in [0.25, 0.3) is 0 Å². The zero-order valence-electron chi connectivity index (χ0n) is 19.3. The highest BCUT2D eigenvalue weighted by Gasteiger charge is 2.15. The molecule has 0 saturated heterocycles. The Bertz CT molecular complexity index is 1370. The number of thiazole rings is 1. The van der Waals surface area contributed by atoms with E-state index in [1.54, 1.807) is 12.1 Å². The van der Waals surface area contributed by atoms with Crippen LogP contribution in [0.4, 0.5) is 5.13 Å². The maximum absolute atomic E-state index is 12.5. The molecule has 0 aliphatic carbocycles. The molecule has 0 saturated carbocycles. The summed E-state index contributed by atoms with van der Waals surface area (Å²) >= 11 is 8.77. The Hall–Kier alpha value is -3.47. The smallest absolute Gasteiger partial charge is 0.244 e. The number of anilines is 1. The Morgan fingerprint density at radius 2 is 1.89 bits per heavy atom. The van der Waals surface area contributed by atoms with Gasteiger partial charge in [-0.15, -0.1) is 21.5 Å². The topological polar surface area (TPSA) is 102 Å². The van der Waals surface area contributed by atoms with Crippen molar-refractivity contribution >= 4 is 57.7 Å². The van der Waals surface area contributed by atoms with Crippen molar-refractivity contribution in [3.05, 3.63) is 82.5 Å². The fraction of sp³-hybridized carbons (Fsp3) is 0.160. The van der Waals surface area contributed by atoms with E-state index >= 15 is 0 Å². The van der Waals surface area contributed by atoms with Gasteiger partial charge in [0.1, 0.15) is 0 Å². The van der Waals surface area contributed by atoms with E-state index in [4.69, 9.17) is 11.6 Å². The molecule has 11 heteroatoms. The Morgan fingerprint density at radius 3 is 2.67 bits per heavy atom. The lowest BCUT2D eigenvalue weighted by molar-refractivity contribution is -0.116. The van der Waals surface area contributed by atoms with E-state index in [0.717, 1.165) is 16.8 Å². The zero-order valence-corrected chi connectivity index (χ0v) is 21.7. The Labute approximate surface area is 221 Å². The van der Waals surface area contributed by atoms with Crippen LogP contribution in [0.3, 0.4) is 0 Å². The van der Waals surface area contributed by atoms with Crippen molar-refractivity contribution in [2.45, 2.75) is 25.2 Å². The van der Waals surface area contributed by atoms with E-state index in [2.05, 4.69) is 25.8 Å². The molecular formula is C25H23ClN6O2S2. The van der Waals surface area contributed by atoms with Gasteiger partial charge in [-0.2, -0.15) is 0 Å². The minimum atomic E-state index is -0.271. The molecule has 0 fully saturated rings. The summed E-state index contributed by atoms with van der Waals surface area (Å²) in [5.74, 6) is 0.310. The highest BCUT2D eigenvalue weighted by Crippen LogP contribution is 2.25. The number of rotatable bonds is 10. The monoisotopic (exact) mass is 538 g/mol. The minimum Gasteiger partial charge on any atom is -0.345 e. The summed E-state index contributed by atoms with van der Waals surface area (Å²) < 4.78 is 1.87. The third-order valence-electron chi connectivity index (χ3n) is 5.00. The summed E-state index contributed by atoms with van der Waals surface area (Å²) in [5, 5.41) is 17.6. The number of carbonyl (C=O) groups excluding carboxylic acids is 2. The van der Waals surface area contributed by atoms with Crippen molar-refractivity contribution in [2.24, 2.45) is 0 Å². The average molecular weight is 539 g/mol. The van der Waals surface area contributed by atoms with Gasteiger partial charge in [-0.05, 0) is 24.6 Å². The summed E-state index contributed by atoms with van der Waals surface area (Å²) in [5.41, 5.74) is 2.58. The van der Waals surface area contributed by atoms with E-state index in [1.165, 1.54) is 29.2 Å². The van der Waals surface area contributed by atoms with Gasteiger partial charge >= 0.3 is 0 Å². The molecule has 8 nitrogen and oxygen atoms in total. The predicted octanol–water partition coefficient (Wildman–Crippen LogP) is 5.14. The number of carbonyl (C=O) groups is 2. The molecule has 0 atom stereocenters. The second kappa shape index (κ2) is 12.5. The summed E-state index contributed by atoms with van der Waals surface area (Å²) in [6.07, 6.45) is 3.09. The molecule has 2 amide bonds. The van der Waals surface area contributed by atoms with Crippen LogP contribution in [0.15, 0.2) is 71.2 Å². The number of nitrogens with one attached hydrogen (secondary N) is 2. The van der Waals surface area contributed by atoms with Crippen molar-refractivity contribution in [1.29, 1.82) is 0 Å². The SMILES string of the molecule is CCn1c(CNC(=O)/C=C/c2ccccc2Cl)nnc1SCC(=O)Nc1nc(-c2ccccc2)cs1. The van der Waals surface area contributed by atoms with Crippen LogP contribution < -0.4 is 10.6 Å². The van der Waals surface area contributed by atoms with Gasteiger partial charge in [0.2, 0.25) is 11.8 Å². The molecule has 0 bridgehead atoms. The van der Waals surface area contributed by atoms with E-state index in [9.17, 15) is 9.59 Å². The lowest BCUT2D eigenvalue weighted by Gasteiger charge is -2.07. The number of amides is 2. The van der Waals surface area contributed by atoms with Gasteiger partial charge in [0.15, 0.2) is 16.1 Å². The first kappa shape index (κ1) is 25.6. The number of halogens is 1. The molecular weight excluding hydrogens is 516 g/mol. The summed E-state index contributed by atoms with van der Waals surface area (Å²) in [6, 6.07) is 17.1. The van der Waals surface area contributed by atoms with Crippen LogP contribution >= 0.6 is 34.7 Å². The summed E-state index contributed by atoms with van der Waals surface area (Å²) in [6.45, 7) is 2.77. The van der Waals surface area contributed by atoms with Gasteiger partial charge in [0, 0.05) is 28.6 Å². The van der Waals surface area contributed by atoms with E-state index in [0.29, 0.717) is 27.7 Å². The lowest BCUT2D eigenvalue weighted by atomic mass is 10.2. The molecule has 0 aliphatic heterocycles. The number of benzene rings is 2. The maximum Gasteiger partial charge on any atom is 0.244 e. The molecule has 4 rings (SSSR count). The number of nitrogens with zero attached hydrogens (tertiary/aromatic N) is 4. The van der Waals surface area contributed by atoms with E-state index in [-0.39, 0.29) is 24.1 Å². The fourth-order valence-electron chi connectivity index (χ4n) is 3.23. The van der Waals surface area contributed by atoms with Gasteiger partial charge < -0.3 is 15.2 Å². The molecule has 2 heterocycles. The van der Waals surface area contributed by atoms with Gasteiger partial charge in [-0.1, -0.05) is 71.9 Å². The van der Waals surface area contributed by atoms with Crippen LogP contribution in [0, 0.1) is 0 Å². The average Bonchev–Trinajstić information content (AvgIpc) is 3.52. The maximum atomic E-state index is 12.5. The largest absolute Gasteiger partial charge is 0.345 e. The second-order valence-corrected chi connectivity index (χ2v) is 9.66. The molecule has 0 aliphatic rings. The zero-order chi connectivity index (χ0) is 25.3. The standard InChI is InChI=1S/C25H23ClN6O2S2/c1-2-32-21(14-27-22(33)13-12-17-8-6-7-11-19(17)26)30-31-25(32)36-16-23(34)29-24-28-20(15-35-24)18-9-4-3-5-10-18/h3-13,15H,2,14,16H2,1H3,(H,27,33)(H,28,29,34)/b13-12+. The number of thioether (sulfide) groups is 1. The first-order valence-electron chi connectivity index (χ1n) is 11.1. The molecule has 4 aromatic rings. The molecule has 2 N–H and O–H groups in total. The van der Waals surface area contributed by atoms with Gasteiger partial charge in [-0.25, -0.2) is 4.98 Å². The van der Waals surface area contributed by atoms with Crippen LogP contribution in [0.1, 0.15) is 18.3 Å². The molecule has 0 spiro atoms. The van der Waals surface area contributed by atoms with E-state index < -0.39 is 0 Å². The molecule has 184 valence electrons. The normalized spacial score (nSPS) is 11.1. The molecule has 2 aromatic heterocycles. The summed E-state index contributed by atoms with van der Waals surface area (Å²) in [4.78, 5) is 29.2. The second-order valence-electron chi connectivity index (χ2n) is 7.46. The van der Waals surface area contributed by atoms with Crippen LogP contribution in [0.5, 0.6) is 0 Å². The predicted molar refractivity (Wildman–Crippen MR) is 145 cm³/mol. The molecule has 36 heavy (non-hydrogen) atoms. The van der Waals surface area contributed by atoms with Crippen LogP contribution in [0.2, 0.25) is 5.02 Å². The van der Waals surface area contributed by atoms with Crippen molar-refractivity contribution in [1.82, 2.24) is 25.1 Å².